The van der Waals surface area contributed by atoms with Crippen LogP contribution in [0.5, 0.6) is 5.75 Å². The van der Waals surface area contributed by atoms with Crippen LogP contribution in [-0.2, 0) is 19.6 Å². The van der Waals surface area contributed by atoms with E-state index in [1.807, 2.05) is 0 Å². The third-order valence-corrected chi connectivity index (χ3v) is 4.75. The number of esters is 1. The molecule has 10 heteroatoms. The molecule has 0 spiro atoms. The molecule has 0 aliphatic carbocycles. The molecule has 0 saturated carbocycles. The number of carbonyl (C=O) groups is 2. The summed E-state index contributed by atoms with van der Waals surface area (Å²) < 4.78 is 46.0. The number of methoxy groups -OCH3 is 1. The first-order valence-electron chi connectivity index (χ1n) is 8.04. The van der Waals surface area contributed by atoms with Crippen LogP contribution in [0.1, 0.15) is 28.9 Å². The summed E-state index contributed by atoms with van der Waals surface area (Å²) in [5, 5.41) is 7.61. The van der Waals surface area contributed by atoms with E-state index in [1.54, 1.807) is 6.92 Å². The lowest BCUT2D eigenvalue weighted by Gasteiger charge is -2.15. The van der Waals surface area contributed by atoms with Crippen molar-refractivity contribution < 1.29 is 31.9 Å². The Kier molecular flexibility index (Phi) is 6.71. The molecule has 0 unspecified atom stereocenters. The normalized spacial score (nSPS) is 12.1. The summed E-state index contributed by atoms with van der Waals surface area (Å²) in [5.41, 5.74) is 0.300. The first kappa shape index (κ1) is 21.3. The summed E-state index contributed by atoms with van der Waals surface area (Å²) in [7, 11) is -2.44. The van der Waals surface area contributed by atoms with Gasteiger partial charge >= 0.3 is 5.97 Å². The molecule has 0 aliphatic rings. The first-order chi connectivity index (χ1) is 13.1. The van der Waals surface area contributed by atoms with Crippen LogP contribution < -0.4 is 15.2 Å². The van der Waals surface area contributed by atoms with Crippen LogP contribution in [0.25, 0.3) is 0 Å². The number of rotatable bonds is 7. The summed E-state index contributed by atoms with van der Waals surface area (Å²) in [6.07, 6.45) is 0. The summed E-state index contributed by atoms with van der Waals surface area (Å²) in [6.45, 7) is 1.05. The monoisotopic (exact) mass is 410 g/mol. The van der Waals surface area contributed by atoms with E-state index in [9.17, 15) is 22.4 Å². The molecule has 150 valence electrons. The topological polar surface area (TPSA) is 125 Å². The molecule has 2 aromatic carbocycles. The van der Waals surface area contributed by atoms with Crippen LogP contribution in [-0.4, -0.2) is 34.0 Å². The molecule has 0 aliphatic heterocycles. The maximum Gasteiger partial charge on any atom is 0.341 e. The van der Waals surface area contributed by atoms with Crippen molar-refractivity contribution in [2.45, 2.75) is 17.9 Å². The van der Waals surface area contributed by atoms with Gasteiger partial charge in [0.05, 0.1) is 23.6 Å². The molecule has 0 aromatic heterocycles. The molecule has 8 nitrogen and oxygen atoms in total. The predicted octanol–water partition coefficient (Wildman–Crippen LogP) is 1.52. The zero-order valence-electron chi connectivity index (χ0n) is 15.1. The van der Waals surface area contributed by atoms with Crippen LogP contribution >= 0.6 is 0 Å². The van der Waals surface area contributed by atoms with Crippen LogP contribution in [0, 0.1) is 5.82 Å². The van der Waals surface area contributed by atoms with Crippen molar-refractivity contribution in [2.24, 2.45) is 5.14 Å². The van der Waals surface area contributed by atoms with Gasteiger partial charge in [-0.2, -0.15) is 0 Å². The molecule has 0 saturated heterocycles. The number of hydrogen-bond donors (Lipinski definition) is 2. The number of primary sulfonamides is 1. The van der Waals surface area contributed by atoms with E-state index in [-0.39, 0.29) is 16.2 Å². The number of amides is 1. The third kappa shape index (κ3) is 5.51. The lowest BCUT2D eigenvalue weighted by Crippen LogP contribution is -2.31. The van der Waals surface area contributed by atoms with Crippen LogP contribution in [0.15, 0.2) is 47.4 Å². The average molecular weight is 410 g/mol. The van der Waals surface area contributed by atoms with Gasteiger partial charge in [-0.05, 0) is 36.8 Å². The summed E-state index contributed by atoms with van der Waals surface area (Å²) in [4.78, 5) is 23.8. The highest BCUT2D eigenvalue weighted by Gasteiger charge is 2.17. The molecule has 2 aromatic rings. The van der Waals surface area contributed by atoms with E-state index >= 15 is 0 Å². The number of hydrogen-bond acceptors (Lipinski definition) is 6. The van der Waals surface area contributed by atoms with E-state index in [4.69, 9.17) is 14.6 Å². The van der Waals surface area contributed by atoms with Gasteiger partial charge in [-0.15, -0.1) is 0 Å². The zero-order valence-corrected chi connectivity index (χ0v) is 16.0. The summed E-state index contributed by atoms with van der Waals surface area (Å²) in [5.74, 6) is -2.17. The number of nitrogens with one attached hydrogen (secondary N) is 1. The fourth-order valence-corrected chi connectivity index (χ4v) is 2.83. The second-order valence-corrected chi connectivity index (χ2v) is 7.39. The second kappa shape index (κ2) is 8.81. The molecule has 1 amide bonds. The number of nitrogens with two attached hydrogens (primary N) is 1. The quantitative estimate of drug-likeness (QED) is 0.667. The molecule has 2 rings (SSSR count). The lowest BCUT2D eigenvalue weighted by molar-refractivity contribution is -0.124. The molecular weight excluding hydrogens is 391 g/mol. The van der Waals surface area contributed by atoms with Crippen molar-refractivity contribution in [3.05, 3.63) is 59.4 Å². The summed E-state index contributed by atoms with van der Waals surface area (Å²) in [6, 6.07) is 8.78. The Balaban J connectivity index is 1.92. The van der Waals surface area contributed by atoms with E-state index in [2.05, 4.69) is 5.32 Å². The molecule has 1 atom stereocenters. The minimum absolute atomic E-state index is 0.0507. The Bertz CT molecular complexity index is 976. The fourth-order valence-electron chi connectivity index (χ4n) is 2.31. The summed E-state index contributed by atoms with van der Waals surface area (Å²) >= 11 is 0. The molecule has 0 bridgehead atoms. The van der Waals surface area contributed by atoms with E-state index in [1.165, 1.54) is 43.5 Å². The Morgan fingerprint density at radius 1 is 1.18 bits per heavy atom. The number of benzene rings is 2. The van der Waals surface area contributed by atoms with Gasteiger partial charge < -0.3 is 14.8 Å². The van der Waals surface area contributed by atoms with E-state index in [0.29, 0.717) is 5.56 Å². The molecule has 28 heavy (non-hydrogen) atoms. The number of carbonyl (C=O) groups excluding carboxylic acids is 2. The van der Waals surface area contributed by atoms with Crippen molar-refractivity contribution in [3.63, 3.8) is 0 Å². The number of halogens is 1. The number of sulfonamides is 1. The molecular formula is C18H19FN2O6S. The van der Waals surface area contributed by atoms with Crippen LogP contribution in [0.3, 0.4) is 0 Å². The van der Waals surface area contributed by atoms with Gasteiger partial charge in [-0.3, -0.25) is 4.79 Å². The van der Waals surface area contributed by atoms with Gasteiger partial charge in [0, 0.05) is 6.07 Å². The molecule has 0 heterocycles. The third-order valence-electron chi connectivity index (χ3n) is 3.82. The largest absolute Gasteiger partial charge is 0.497 e. The van der Waals surface area contributed by atoms with Crippen molar-refractivity contribution >= 4 is 21.9 Å². The second-order valence-electron chi connectivity index (χ2n) is 5.83. The van der Waals surface area contributed by atoms with Crippen molar-refractivity contribution in [3.8, 4) is 5.75 Å². The SMILES string of the molecule is COc1ccc(C(=O)OCC(=O)N[C@@H](C)c2ccc(S(N)(=O)=O)cc2)c(F)c1. The van der Waals surface area contributed by atoms with Crippen molar-refractivity contribution in [1.29, 1.82) is 0 Å². The Morgan fingerprint density at radius 2 is 1.82 bits per heavy atom. The Morgan fingerprint density at radius 3 is 2.36 bits per heavy atom. The fraction of sp³-hybridized carbons (Fsp3) is 0.222. The van der Waals surface area contributed by atoms with E-state index in [0.717, 1.165) is 6.07 Å². The van der Waals surface area contributed by atoms with Gasteiger partial charge in [0.15, 0.2) is 6.61 Å². The minimum atomic E-state index is -3.80. The number of ether oxygens (including phenoxy) is 2. The highest BCUT2D eigenvalue weighted by molar-refractivity contribution is 7.89. The average Bonchev–Trinajstić information content (AvgIpc) is 2.65. The maximum absolute atomic E-state index is 13.8. The predicted molar refractivity (Wildman–Crippen MR) is 97.6 cm³/mol. The van der Waals surface area contributed by atoms with Crippen molar-refractivity contribution in [1.82, 2.24) is 5.32 Å². The Labute approximate surface area is 161 Å². The molecule has 0 fully saturated rings. The highest BCUT2D eigenvalue weighted by atomic mass is 32.2. The minimum Gasteiger partial charge on any atom is -0.497 e. The molecule has 3 N–H and O–H groups in total. The lowest BCUT2D eigenvalue weighted by atomic mass is 10.1. The Hall–Kier alpha value is -2.98. The molecule has 0 radical (unpaired) electrons. The van der Waals surface area contributed by atoms with Gasteiger partial charge in [-0.1, -0.05) is 12.1 Å². The van der Waals surface area contributed by atoms with Gasteiger partial charge in [-0.25, -0.2) is 22.7 Å². The van der Waals surface area contributed by atoms with Crippen molar-refractivity contribution in [2.75, 3.05) is 13.7 Å². The zero-order chi connectivity index (χ0) is 20.9. The van der Waals surface area contributed by atoms with Gasteiger partial charge in [0.2, 0.25) is 10.0 Å². The van der Waals surface area contributed by atoms with Crippen LogP contribution in [0.2, 0.25) is 0 Å². The highest BCUT2D eigenvalue weighted by Crippen LogP contribution is 2.17. The smallest absolute Gasteiger partial charge is 0.341 e. The van der Waals surface area contributed by atoms with Crippen LogP contribution in [0.4, 0.5) is 4.39 Å². The van der Waals surface area contributed by atoms with Gasteiger partial charge in [0.25, 0.3) is 5.91 Å². The maximum atomic E-state index is 13.8. The first-order valence-corrected chi connectivity index (χ1v) is 9.59. The standard InChI is InChI=1S/C18H19FN2O6S/c1-11(12-3-6-14(7-4-12)28(20,24)25)21-17(22)10-27-18(23)15-8-5-13(26-2)9-16(15)19/h3-9,11H,10H2,1-2H3,(H,21,22)(H2,20,24,25)/t11-/m0/s1. The van der Waals surface area contributed by atoms with E-state index < -0.39 is 40.4 Å². The van der Waals surface area contributed by atoms with Gasteiger partial charge in [0.1, 0.15) is 11.6 Å².